The SMILES string of the molecule is C[C@H]1[C@H](OC(=O)CCC(=O)O[C@H]2CC[C@H]3[C@@H]4CCc5cc(OS(N)(=O)=O)ccc5[C@H]4CC[C@]23C)O[C@@H]2OC3(C)CC[C@H]4[C@H](C)CC[C@@H]1[C@@]24OO3. The van der Waals surface area contributed by atoms with Crippen molar-refractivity contribution in [3.05, 3.63) is 29.3 Å². The highest BCUT2D eigenvalue weighted by atomic mass is 32.2. The van der Waals surface area contributed by atoms with Crippen molar-refractivity contribution in [2.24, 2.45) is 46.1 Å². The Hall–Kier alpha value is -2.29. The van der Waals surface area contributed by atoms with E-state index in [1.54, 1.807) is 12.1 Å². The van der Waals surface area contributed by atoms with Crippen LogP contribution in [0.1, 0.15) is 115 Å². The topological polar surface area (TPSA) is 159 Å². The minimum absolute atomic E-state index is 0.0399. The van der Waals surface area contributed by atoms with Gasteiger partial charge in [-0.3, -0.25) is 9.59 Å². The van der Waals surface area contributed by atoms with Gasteiger partial charge in [-0.1, -0.05) is 26.8 Å². The Kier molecular flexibility index (Phi) is 8.63. The first-order valence-corrected chi connectivity index (χ1v) is 20.1. The summed E-state index contributed by atoms with van der Waals surface area (Å²) < 4.78 is 52.6. The molecule has 7 fully saturated rings. The number of hydrogen-bond acceptors (Lipinski definition) is 11. The third kappa shape index (κ3) is 5.78. The molecule has 1 spiro atoms. The fourth-order valence-electron chi connectivity index (χ4n) is 11.5. The van der Waals surface area contributed by atoms with Crippen LogP contribution in [-0.4, -0.2) is 50.4 Å². The van der Waals surface area contributed by atoms with Crippen LogP contribution in [0.3, 0.4) is 0 Å². The van der Waals surface area contributed by atoms with E-state index in [-0.39, 0.29) is 53.8 Å². The number of aryl methyl sites for hydroxylation is 1. The van der Waals surface area contributed by atoms with Gasteiger partial charge in [-0.25, -0.2) is 9.78 Å². The second-order valence-corrected chi connectivity index (χ2v) is 17.9. The Bertz CT molecular complexity index is 1640. The predicted molar refractivity (Wildman–Crippen MR) is 177 cm³/mol. The first kappa shape index (κ1) is 34.8. The van der Waals surface area contributed by atoms with Gasteiger partial charge in [0.05, 0.1) is 12.8 Å². The van der Waals surface area contributed by atoms with Gasteiger partial charge in [0, 0.05) is 23.7 Å². The zero-order valence-electron chi connectivity index (χ0n) is 29.5. The lowest BCUT2D eigenvalue weighted by Crippen LogP contribution is -2.70. The van der Waals surface area contributed by atoms with E-state index in [9.17, 15) is 18.0 Å². The number of ether oxygens (including phenoxy) is 4. The van der Waals surface area contributed by atoms with Gasteiger partial charge in [0.2, 0.25) is 12.1 Å². The smallest absolute Gasteiger partial charge is 0.380 e. The standard InChI is InChI=1S/C37H51NO11S/c1-20-5-10-28-21(2)33(45-34-37(28)27(20)16-18-36(4,46-34)48-49-37)44-32(40)14-13-31(39)43-30-12-11-29-26-8-6-22-19-23(47-50(38,41)42)7-9-24(22)25(26)15-17-35(29,30)3/h7,9,19-21,25-30,33-34H,5-6,8,10-18H2,1-4H3,(H2,38,41,42)/t20-,21-,25-,26-,27+,28+,29+,30+,33-,34-,35+,36?,37-/m1/s1. The predicted octanol–water partition coefficient (Wildman–Crippen LogP) is 5.57. The Labute approximate surface area is 294 Å². The normalized spacial score (nSPS) is 44.5. The van der Waals surface area contributed by atoms with E-state index < -0.39 is 40.2 Å². The van der Waals surface area contributed by atoms with E-state index in [4.69, 9.17) is 38.0 Å². The molecule has 4 aliphatic heterocycles. The number of benzene rings is 1. The Balaban J connectivity index is 0.865. The lowest BCUT2D eigenvalue weighted by molar-refractivity contribution is -0.576. The van der Waals surface area contributed by atoms with Crippen molar-refractivity contribution in [3.8, 4) is 5.75 Å². The summed E-state index contributed by atoms with van der Waals surface area (Å²) in [4.78, 5) is 38.4. The summed E-state index contributed by atoms with van der Waals surface area (Å²) >= 11 is 0. The number of carbonyl (C=O) groups excluding carboxylic acids is 2. The largest absolute Gasteiger partial charge is 0.462 e. The van der Waals surface area contributed by atoms with Crippen molar-refractivity contribution >= 4 is 22.2 Å². The number of fused-ring (bicyclic) bond motifs is 7. The van der Waals surface area contributed by atoms with Crippen LogP contribution in [0.25, 0.3) is 0 Å². The Morgan fingerprint density at radius 2 is 1.66 bits per heavy atom. The van der Waals surface area contributed by atoms with Gasteiger partial charge in [-0.2, -0.15) is 13.6 Å². The summed E-state index contributed by atoms with van der Waals surface area (Å²) in [5, 5.41) is 5.08. The summed E-state index contributed by atoms with van der Waals surface area (Å²) in [6.45, 7) is 8.42. The molecule has 12 nitrogen and oxygen atoms in total. The number of carbonyl (C=O) groups is 2. The quantitative estimate of drug-likeness (QED) is 0.278. The first-order valence-electron chi connectivity index (χ1n) is 18.6. The van der Waals surface area contributed by atoms with Crippen molar-refractivity contribution in [3.63, 3.8) is 0 Å². The zero-order chi connectivity index (χ0) is 35.2. The second kappa shape index (κ2) is 12.4. The van der Waals surface area contributed by atoms with E-state index >= 15 is 0 Å². The van der Waals surface area contributed by atoms with E-state index in [2.05, 4.69) is 13.8 Å². The summed E-state index contributed by atoms with van der Waals surface area (Å²) in [5.74, 6) is 0.248. The van der Waals surface area contributed by atoms with Gasteiger partial charge in [-0.05, 0) is 118 Å². The van der Waals surface area contributed by atoms with E-state index in [0.29, 0.717) is 30.1 Å². The van der Waals surface area contributed by atoms with Crippen LogP contribution < -0.4 is 9.32 Å². The van der Waals surface area contributed by atoms with Crippen LogP contribution in [0.5, 0.6) is 5.75 Å². The maximum absolute atomic E-state index is 13.2. The highest BCUT2D eigenvalue weighted by Crippen LogP contribution is 2.63. The third-order valence-electron chi connectivity index (χ3n) is 14.0. The maximum atomic E-state index is 13.2. The molecule has 4 heterocycles. The first-order chi connectivity index (χ1) is 23.7. The maximum Gasteiger partial charge on any atom is 0.380 e. The molecule has 0 radical (unpaired) electrons. The molecule has 2 bridgehead atoms. The average molecular weight is 718 g/mol. The molecular formula is C37H51NO11S. The molecule has 9 rings (SSSR count). The summed E-state index contributed by atoms with van der Waals surface area (Å²) in [7, 11) is -4.08. The molecule has 13 heteroatoms. The fraction of sp³-hybridized carbons (Fsp3) is 0.784. The summed E-state index contributed by atoms with van der Waals surface area (Å²) in [6, 6.07) is 5.47. The van der Waals surface area contributed by atoms with E-state index in [0.717, 1.165) is 63.4 Å². The van der Waals surface area contributed by atoms with E-state index in [1.165, 1.54) is 5.56 Å². The number of nitrogens with two attached hydrogens (primary N) is 1. The lowest BCUT2D eigenvalue weighted by Gasteiger charge is -2.59. The van der Waals surface area contributed by atoms with Crippen LogP contribution in [0, 0.1) is 40.9 Å². The molecule has 4 saturated heterocycles. The van der Waals surface area contributed by atoms with Crippen LogP contribution in [0.15, 0.2) is 18.2 Å². The van der Waals surface area contributed by atoms with Gasteiger partial charge < -0.3 is 23.1 Å². The molecule has 1 aromatic carbocycles. The monoisotopic (exact) mass is 717 g/mol. The summed E-state index contributed by atoms with van der Waals surface area (Å²) in [5.41, 5.74) is 1.49. The molecule has 8 aliphatic rings. The van der Waals surface area contributed by atoms with Crippen molar-refractivity contribution in [1.29, 1.82) is 0 Å². The number of esters is 2. The van der Waals surface area contributed by atoms with Gasteiger partial charge in [0.1, 0.15) is 11.9 Å². The van der Waals surface area contributed by atoms with Crippen LogP contribution in [0.4, 0.5) is 0 Å². The molecule has 4 aliphatic carbocycles. The fourth-order valence-corrected chi connectivity index (χ4v) is 11.9. The van der Waals surface area contributed by atoms with Crippen LogP contribution >= 0.6 is 0 Å². The lowest BCUT2D eigenvalue weighted by atomic mass is 9.55. The molecule has 13 atom stereocenters. The summed E-state index contributed by atoms with van der Waals surface area (Å²) in [6.07, 6.45) is 7.20. The average Bonchev–Trinajstić information content (AvgIpc) is 3.21. The number of hydrogen-bond donors (Lipinski definition) is 1. The minimum Gasteiger partial charge on any atom is -0.462 e. The van der Waals surface area contributed by atoms with Gasteiger partial charge in [0.15, 0.2) is 11.9 Å². The molecule has 276 valence electrons. The van der Waals surface area contributed by atoms with Gasteiger partial charge >= 0.3 is 22.2 Å². The van der Waals surface area contributed by atoms with Gasteiger partial charge in [0.25, 0.3) is 0 Å². The molecule has 0 aromatic heterocycles. The van der Waals surface area contributed by atoms with Crippen LogP contribution in [-0.2, 0) is 55.0 Å². The third-order valence-corrected chi connectivity index (χ3v) is 14.4. The molecule has 2 N–H and O–H groups in total. The van der Waals surface area contributed by atoms with Gasteiger partial charge in [-0.15, -0.1) is 0 Å². The van der Waals surface area contributed by atoms with Crippen molar-refractivity contribution in [2.45, 2.75) is 141 Å². The molecular weight excluding hydrogens is 666 g/mol. The van der Waals surface area contributed by atoms with Crippen molar-refractivity contribution in [2.75, 3.05) is 0 Å². The minimum atomic E-state index is -4.08. The van der Waals surface area contributed by atoms with Crippen LogP contribution in [0.2, 0.25) is 0 Å². The van der Waals surface area contributed by atoms with E-state index in [1.807, 2.05) is 19.9 Å². The van der Waals surface area contributed by atoms with Crippen molar-refractivity contribution in [1.82, 2.24) is 0 Å². The molecule has 1 unspecified atom stereocenters. The Morgan fingerprint density at radius 3 is 2.44 bits per heavy atom. The molecule has 3 saturated carbocycles. The zero-order valence-corrected chi connectivity index (χ0v) is 30.3. The second-order valence-electron chi connectivity index (χ2n) is 16.7. The number of rotatable bonds is 7. The molecule has 50 heavy (non-hydrogen) atoms. The highest BCUT2D eigenvalue weighted by Gasteiger charge is 2.70. The molecule has 0 amide bonds. The molecule has 1 aromatic rings. The Morgan fingerprint density at radius 1 is 0.900 bits per heavy atom. The highest BCUT2D eigenvalue weighted by molar-refractivity contribution is 7.84. The van der Waals surface area contributed by atoms with Crippen molar-refractivity contribution < 1.29 is 50.9 Å².